The molecule has 1 N–H and O–H groups in total. The third-order valence-electron chi connectivity index (χ3n) is 1.94. The highest BCUT2D eigenvalue weighted by Crippen LogP contribution is 1.99. The standard InChI is InChI=1S/C10H22N2O/c1-9(2)7-12(4)10(6-11-3)8-13-5/h10-11H,1,6-8H2,2-5H3. The summed E-state index contributed by atoms with van der Waals surface area (Å²) < 4.78 is 5.15. The third-order valence-corrected chi connectivity index (χ3v) is 1.94. The smallest absolute Gasteiger partial charge is 0.0630 e. The fourth-order valence-corrected chi connectivity index (χ4v) is 1.32. The van der Waals surface area contributed by atoms with Gasteiger partial charge < -0.3 is 10.1 Å². The van der Waals surface area contributed by atoms with Gasteiger partial charge in [0, 0.05) is 26.2 Å². The largest absolute Gasteiger partial charge is 0.383 e. The summed E-state index contributed by atoms with van der Waals surface area (Å²) in [6.07, 6.45) is 0. The highest BCUT2D eigenvalue weighted by Gasteiger charge is 2.12. The van der Waals surface area contributed by atoms with Gasteiger partial charge in [0.2, 0.25) is 0 Å². The van der Waals surface area contributed by atoms with Crippen LogP contribution >= 0.6 is 0 Å². The van der Waals surface area contributed by atoms with Gasteiger partial charge >= 0.3 is 0 Å². The maximum Gasteiger partial charge on any atom is 0.0630 e. The second kappa shape index (κ2) is 7.06. The van der Waals surface area contributed by atoms with Crippen LogP contribution in [-0.4, -0.2) is 51.8 Å². The van der Waals surface area contributed by atoms with E-state index in [2.05, 4.69) is 23.8 Å². The van der Waals surface area contributed by atoms with E-state index in [9.17, 15) is 0 Å². The molecule has 0 aliphatic carbocycles. The van der Waals surface area contributed by atoms with Crippen molar-refractivity contribution in [3.05, 3.63) is 12.2 Å². The van der Waals surface area contributed by atoms with Crippen LogP contribution < -0.4 is 5.32 Å². The molecule has 1 unspecified atom stereocenters. The van der Waals surface area contributed by atoms with Gasteiger partial charge in [0.15, 0.2) is 0 Å². The highest BCUT2D eigenvalue weighted by molar-refractivity contribution is 4.92. The van der Waals surface area contributed by atoms with Crippen LogP contribution in [0.3, 0.4) is 0 Å². The van der Waals surface area contributed by atoms with E-state index in [1.807, 2.05) is 14.0 Å². The Bertz CT molecular complexity index is 142. The van der Waals surface area contributed by atoms with Gasteiger partial charge in [-0.3, -0.25) is 4.90 Å². The van der Waals surface area contributed by atoms with Gasteiger partial charge in [-0.2, -0.15) is 0 Å². The molecule has 0 saturated heterocycles. The monoisotopic (exact) mass is 186 g/mol. The predicted octanol–water partition coefficient (Wildman–Crippen LogP) is 0.729. The molecule has 78 valence electrons. The summed E-state index contributed by atoms with van der Waals surface area (Å²) in [4.78, 5) is 2.25. The lowest BCUT2D eigenvalue weighted by Gasteiger charge is -2.27. The van der Waals surface area contributed by atoms with Gasteiger partial charge in [0.1, 0.15) is 0 Å². The summed E-state index contributed by atoms with van der Waals surface area (Å²) in [7, 11) is 5.78. The van der Waals surface area contributed by atoms with Gasteiger partial charge in [-0.1, -0.05) is 12.2 Å². The molecule has 0 aromatic carbocycles. The molecule has 0 aromatic rings. The molecule has 0 amide bonds. The van der Waals surface area contributed by atoms with Gasteiger partial charge in [-0.05, 0) is 21.0 Å². The van der Waals surface area contributed by atoms with Crippen LogP contribution in [0.2, 0.25) is 0 Å². The van der Waals surface area contributed by atoms with E-state index < -0.39 is 0 Å². The first-order valence-electron chi connectivity index (χ1n) is 4.60. The first-order chi connectivity index (χ1) is 6.11. The second-order valence-electron chi connectivity index (χ2n) is 3.54. The minimum Gasteiger partial charge on any atom is -0.383 e. The SMILES string of the molecule is C=C(C)CN(C)C(CNC)COC. The van der Waals surface area contributed by atoms with Gasteiger partial charge in [-0.25, -0.2) is 0 Å². The molecule has 0 spiro atoms. The van der Waals surface area contributed by atoms with Crippen molar-refractivity contribution in [2.45, 2.75) is 13.0 Å². The van der Waals surface area contributed by atoms with E-state index in [0.717, 1.165) is 19.7 Å². The van der Waals surface area contributed by atoms with Gasteiger partial charge in [0.05, 0.1) is 6.61 Å². The van der Waals surface area contributed by atoms with Crippen LogP contribution in [0.5, 0.6) is 0 Å². The third kappa shape index (κ3) is 5.80. The normalized spacial score (nSPS) is 13.3. The summed E-state index contributed by atoms with van der Waals surface area (Å²) in [5.74, 6) is 0. The molecular weight excluding hydrogens is 164 g/mol. The number of likely N-dealkylation sites (N-methyl/N-ethyl adjacent to an activating group) is 2. The minimum absolute atomic E-state index is 0.423. The summed E-state index contributed by atoms with van der Waals surface area (Å²) >= 11 is 0. The van der Waals surface area contributed by atoms with E-state index in [4.69, 9.17) is 4.74 Å². The molecule has 0 bridgehead atoms. The number of hydrogen-bond acceptors (Lipinski definition) is 3. The van der Waals surface area contributed by atoms with Crippen molar-refractivity contribution in [2.75, 3.05) is 40.9 Å². The van der Waals surface area contributed by atoms with Crippen LogP contribution in [0.15, 0.2) is 12.2 Å². The van der Waals surface area contributed by atoms with Gasteiger partial charge in [-0.15, -0.1) is 0 Å². The van der Waals surface area contributed by atoms with E-state index >= 15 is 0 Å². The fourth-order valence-electron chi connectivity index (χ4n) is 1.32. The zero-order valence-electron chi connectivity index (χ0n) is 9.26. The zero-order chi connectivity index (χ0) is 10.3. The molecule has 0 fully saturated rings. The maximum atomic E-state index is 5.15. The maximum absolute atomic E-state index is 5.15. The molecule has 0 rings (SSSR count). The number of nitrogens with zero attached hydrogens (tertiary/aromatic N) is 1. The molecule has 3 heteroatoms. The zero-order valence-corrected chi connectivity index (χ0v) is 9.26. The Morgan fingerprint density at radius 2 is 2.23 bits per heavy atom. The number of nitrogens with one attached hydrogen (secondary N) is 1. The molecular formula is C10H22N2O. The quantitative estimate of drug-likeness (QED) is 0.593. The second-order valence-corrected chi connectivity index (χ2v) is 3.54. The molecule has 0 saturated carbocycles. The molecule has 3 nitrogen and oxygen atoms in total. The van der Waals surface area contributed by atoms with Crippen LogP contribution in [0.25, 0.3) is 0 Å². The molecule has 0 aromatic heterocycles. The van der Waals surface area contributed by atoms with Crippen LogP contribution in [0.1, 0.15) is 6.92 Å². The summed E-state index contributed by atoms with van der Waals surface area (Å²) in [5, 5.41) is 3.16. The topological polar surface area (TPSA) is 24.5 Å². The molecule has 0 aliphatic heterocycles. The molecule has 0 heterocycles. The lowest BCUT2D eigenvalue weighted by Crippen LogP contribution is -2.42. The number of rotatable bonds is 7. The fraction of sp³-hybridized carbons (Fsp3) is 0.800. The highest BCUT2D eigenvalue weighted by atomic mass is 16.5. The van der Waals surface area contributed by atoms with Crippen LogP contribution in [-0.2, 0) is 4.74 Å². The molecule has 0 aliphatic rings. The predicted molar refractivity (Wildman–Crippen MR) is 57.0 cm³/mol. The molecule has 1 atom stereocenters. The van der Waals surface area contributed by atoms with E-state index in [-0.39, 0.29) is 0 Å². The van der Waals surface area contributed by atoms with Crippen molar-refractivity contribution in [3.8, 4) is 0 Å². The first kappa shape index (κ1) is 12.6. The Kier molecular flexibility index (Phi) is 6.86. The first-order valence-corrected chi connectivity index (χ1v) is 4.60. The van der Waals surface area contributed by atoms with E-state index in [1.165, 1.54) is 5.57 Å². The average Bonchev–Trinajstić information content (AvgIpc) is 2.02. The van der Waals surface area contributed by atoms with Crippen LogP contribution in [0, 0.1) is 0 Å². The van der Waals surface area contributed by atoms with Crippen molar-refractivity contribution in [3.63, 3.8) is 0 Å². The lowest BCUT2D eigenvalue weighted by atomic mass is 10.2. The minimum atomic E-state index is 0.423. The Labute approximate surface area is 81.8 Å². The summed E-state index contributed by atoms with van der Waals surface area (Å²) in [6.45, 7) is 8.56. The number of methoxy groups -OCH3 is 1. The Hall–Kier alpha value is -0.380. The lowest BCUT2D eigenvalue weighted by molar-refractivity contribution is 0.111. The summed E-state index contributed by atoms with van der Waals surface area (Å²) in [5.41, 5.74) is 1.18. The van der Waals surface area contributed by atoms with E-state index in [1.54, 1.807) is 7.11 Å². The number of ether oxygens (including phenoxy) is 1. The van der Waals surface area contributed by atoms with Crippen molar-refractivity contribution in [2.24, 2.45) is 0 Å². The van der Waals surface area contributed by atoms with Crippen molar-refractivity contribution < 1.29 is 4.74 Å². The summed E-state index contributed by atoms with van der Waals surface area (Å²) in [6, 6.07) is 0.423. The van der Waals surface area contributed by atoms with Crippen molar-refractivity contribution in [1.82, 2.24) is 10.2 Å². The average molecular weight is 186 g/mol. The molecule has 13 heavy (non-hydrogen) atoms. The molecule has 0 radical (unpaired) electrons. The van der Waals surface area contributed by atoms with E-state index in [0.29, 0.717) is 6.04 Å². The van der Waals surface area contributed by atoms with Crippen LogP contribution in [0.4, 0.5) is 0 Å². The van der Waals surface area contributed by atoms with Gasteiger partial charge in [0.25, 0.3) is 0 Å². The Morgan fingerprint density at radius 1 is 1.62 bits per heavy atom. The van der Waals surface area contributed by atoms with Crippen molar-refractivity contribution >= 4 is 0 Å². The Morgan fingerprint density at radius 3 is 2.62 bits per heavy atom. The Balaban J connectivity index is 3.93. The number of hydrogen-bond donors (Lipinski definition) is 1. The van der Waals surface area contributed by atoms with Crippen molar-refractivity contribution in [1.29, 1.82) is 0 Å².